The fourth-order valence-corrected chi connectivity index (χ4v) is 3.60. The first-order valence-corrected chi connectivity index (χ1v) is 6.30. The van der Waals surface area contributed by atoms with Crippen LogP contribution < -0.4 is 0 Å². The summed E-state index contributed by atoms with van der Waals surface area (Å²) in [5, 5.41) is 0. The van der Waals surface area contributed by atoms with Gasteiger partial charge in [0.25, 0.3) is 0 Å². The Bertz CT molecular complexity index is 291. The van der Waals surface area contributed by atoms with E-state index < -0.39 is 15.7 Å². The summed E-state index contributed by atoms with van der Waals surface area (Å²) in [6.07, 6.45) is 2.66. The van der Waals surface area contributed by atoms with E-state index in [9.17, 15) is 12.8 Å². The molecule has 1 saturated carbocycles. The minimum atomic E-state index is -3.30. The number of hydrogen-bond acceptors (Lipinski definition) is 2. The largest absolute Gasteiger partial charge is 0.243 e. The zero-order valence-electron chi connectivity index (χ0n) is 7.50. The van der Waals surface area contributed by atoms with Gasteiger partial charge in [0.15, 0.2) is 0 Å². The molecule has 0 unspecified atom stereocenters. The molecule has 0 atom stereocenters. The van der Waals surface area contributed by atoms with E-state index in [2.05, 4.69) is 0 Å². The third-order valence-electron chi connectivity index (χ3n) is 2.69. The minimum Gasteiger partial charge on any atom is -0.243 e. The maximum Gasteiger partial charge on any atom is 0.217 e. The van der Waals surface area contributed by atoms with Crippen molar-refractivity contribution in [2.24, 2.45) is 0 Å². The van der Waals surface area contributed by atoms with Crippen LogP contribution in [-0.4, -0.2) is 37.2 Å². The molecule has 0 aromatic rings. The Kier molecular flexibility index (Phi) is 2.11. The second kappa shape index (κ2) is 2.92. The Morgan fingerprint density at radius 1 is 1.23 bits per heavy atom. The van der Waals surface area contributed by atoms with Crippen LogP contribution in [0.1, 0.15) is 25.7 Å². The van der Waals surface area contributed by atoms with E-state index in [4.69, 9.17) is 0 Å². The molecule has 0 radical (unpaired) electrons. The van der Waals surface area contributed by atoms with Gasteiger partial charge in [0.2, 0.25) is 10.0 Å². The number of hydrogen-bond donors (Lipinski definition) is 0. The van der Waals surface area contributed by atoms with Crippen molar-refractivity contribution in [2.75, 3.05) is 18.8 Å². The summed E-state index contributed by atoms with van der Waals surface area (Å²) >= 11 is 0. The predicted octanol–water partition coefficient (Wildman–Crippen LogP) is 0.914. The fourth-order valence-electron chi connectivity index (χ4n) is 1.66. The van der Waals surface area contributed by atoms with E-state index in [1.807, 2.05) is 0 Å². The van der Waals surface area contributed by atoms with Crippen LogP contribution in [0.5, 0.6) is 0 Å². The lowest BCUT2D eigenvalue weighted by molar-refractivity contribution is 0.334. The maximum absolute atomic E-state index is 13.2. The molecular weight excluding hydrogens is 193 g/mol. The molecule has 0 amide bonds. The van der Waals surface area contributed by atoms with E-state index >= 15 is 0 Å². The van der Waals surface area contributed by atoms with Crippen molar-refractivity contribution in [3.05, 3.63) is 0 Å². The molecule has 1 heterocycles. The lowest BCUT2D eigenvalue weighted by atomic mass is 10.4. The van der Waals surface area contributed by atoms with E-state index in [-0.39, 0.29) is 5.75 Å². The summed E-state index contributed by atoms with van der Waals surface area (Å²) < 4.78 is 37.8. The van der Waals surface area contributed by atoms with Crippen molar-refractivity contribution in [3.63, 3.8) is 0 Å². The molecule has 0 aromatic heterocycles. The number of halogens is 1. The lowest BCUT2D eigenvalue weighted by Gasteiger charge is -2.16. The highest BCUT2D eigenvalue weighted by Gasteiger charge is 2.48. The molecule has 2 fully saturated rings. The Balaban J connectivity index is 2.02. The van der Waals surface area contributed by atoms with E-state index in [0.717, 1.165) is 12.8 Å². The predicted molar refractivity (Wildman–Crippen MR) is 47.7 cm³/mol. The maximum atomic E-state index is 13.2. The Morgan fingerprint density at radius 3 is 2.23 bits per heavy atom. The van der Waals surface area contributed by atoms with Crippen molar-refractivity contribution in [2.45, 2.75) is 31.4 Å². The molecule has 1 aliphatic heterocycles. The third-order valence-corrected chi connectivity index (χ3v) is 4.73. The lowest BCUT2D eigenvalue weighted by Crippen LogP contribution is -2.34. The van der Waals surface area contributed by atoms with Crippen LogP contribution >= 0.6 is 0 Å². The normalized spacial score (nSPS) is 27.8. The Morgan fingerprint density at radius 2 is 1.77 bits per heavy atom. The average molecular weight is 207 g/mol. The fraction of sp³-hybridized carbons (Fsp3) is 1.00. The van der Waals surface area contributed by atoms with Crippen LogP contribution in [0.3, 0.4) is 0 Å². The number of alkyl halides is 1. The molecule has 0 aromatic carbocycles. The monoisotopic (exact) mass is 207 g/mol. The zero-order chi connectivity index (χ0) is 9.53. The topological polar surface area (TPSA) is 37.4 Å². The molecule has 3 nitrogen and oxygen atoms in total. The molecule has 13 heavy (non-hydrogen) atoms. The van der Waals surface area contributed by atoms with Gasteiger partial charge in [0.1, 0.15) is 5.67 Å². The summed E-state index contributed by atoms with van der Waals surface area (Å²) in [4.78, 5) is 0. The number of rotatable bonds is 3. The third kappa shape index (κ3) is 2.02. The quantitative estimate of drug-likeness (QED) is 0.690. The molecule has 0 spiro atoms. The van der Waals surface area contributed by atoms with Crippen LogP contribution in [0.15, 0.2) is 0 Å². The highest BCUT2D eigenvalue weighted by molar-refractivity contribution is 7.89. The van der Waals surface area contributed by atoms with Crippen LogP contribution in [0.4, 0.5) is 4.39 Å². The van der Waals surface area contributed by atoms with Crippen molar-refractivity contribution in [1.29, 1.82) is 0 Å². The second-order valence-corrected chi connectivity index (χ2v) is 5.98. The highest BCUT2D eigenvalue weighted by Crippen LogP contribution is 2.41. The number of nitrogens with zero attached hydrogens (tertiary/aromatic N) is 1. The smallest absolute Gasteiger partial charge is 0.217 e. The van der Waals surface area contributed by atoms with E-state index in [1.165, 1.54) is 4.31 Å². The standard InChI is InChI=1S/C8H14FNO2S/c9-8(3-4-8)7-13(11,12)10-5-1-2-6-10/h1-7H2. The minimum absolute atomic E-state index is 0.292. The second-order valence-electron chi connectivity index (χ2n) is 4.01. The van der Waals surface area contributed by atoms with Crippen molar-refractivity contribution in [1.82, 2.24) is 4.31 Å². The molecule has 0 N–H and O–H groups in total. The zero-order valence-corrected chi connectivity index (χ0v) is 8.32. The van der Waals surface area contributed by atoms with Crippen LogP contribution in [0.25, 0.3) is 0 Å². The van der Waals surface area contributed by atoms with Gasteiger partial charge in [-0.15, -0.1) is 0 Å². The average Bonchev–Trinajstić information content (AvgIpc) is 2.53. The summed E-state index contributed by atoms with van der Waals surface area (Å²) in [5.41, 5.74) is -1.39. The van der Waals surface area contributed by atoms with Gasteiger partial charge in [-0.05, 0) is 25.7 Å². The van der Waals surface area contributed by atoms with Gasteiger partial charge in [0, 0.05) is 13.1 Å². The molecular formula is C8H14FNO2S. The van der Waals surface area contributed by atoms with Gasteiger partial charge in [-0.25, -0.2) is 17.1 Å². The first-order valence-electron chi connectivity index (χ1n) is 4.69. The van der Waals surface area contributed by atoms with Crippen LogP contribution in [-0.2, 0) is 10.0 Å². The molecule has 1 saturated heterocycles. The van der Waals surface area contributed by atoms with Crippen molar-refractivity contribution in [3.8, 4) is 0 Å². The summed E-state index contributed by atoms with van der Waals surface area (Å²) in [7, 11) is -3.30. The molecule has 2 rings (SSSR count). The molecule has 76 valence electrons. The van der Waals surface area contributed by atoms with Crippen molar-refractivity contribution < 1.29 is 12.8 Å². The summed E-state index contributed by atoms with van der Waals surface area (Å²) in [6, 6.07) is 0. The van der Waals surface area contributed by atoms with Crippen molar-refractivity contribution >= 4 is 10.0 Å². The molecule has 1 aliphatic carbocycles. The Labute approximate surface area is 78.0 Å². The summed E-state index contributed by atoms with van der Waals surface area (Å²) in [5.74, 6) is -0.292. The molecule has 0 bridgehead atoms. The molecule has 2 aliphatic rings. The van der Waals surface area contributed by atoms with Gasteiger partial charge >= 0.3 is 0 Å². The first-order chi connectivity index (χ1) is 6.02. The Hall–Kier alpha value is -0.160. The summed E-state index contributed by atoms with van der Waals surface area (Å²) in [6.45, 7) is 1.16. The number of sulfonamides is 1. The van der Waals surface area contributed by atoms with Crippen LogP contribution in [0.2, 0.25) is 0 Å². The van der Waals surface area contributed by atoms with E-state index in [1.54, 1.807) is 0 Å². The first kappa shape index (κ1) is 9.40. The van der Waals surface area contributed by atoms with Crippen LogP contribution in [0, 0.1) is 0 Å². The van der Waals surface area contributed by atoms with Gasteiger partial charge in [-0.1, -0.05) is 0 Å². The SMILES string of the molecule is O=S(=O)(CC1(F)CC1)N1CCCC1. The highest BCUT2D eigenvalue weighted by atomic mass is 32.2. The van der Waals surface area contributed by atoms with Gasteiger partial charge in [0.05, 0.1) is 5.75 Å². The van der Waals surface area contributed by atoms with Gasteiger partial charge in [-0.2, -0.15) is 0 Å². The van der Waals surface area contributed by atoms with E-state index in [0.29, 0.717) is 25.9 Å². The van der Waals surface area contributed by atoms with Gasteiger partial charge < -0.3 is 0 Å². The molecule has 5 heteroatoms. The van der Waals surface area contributed by atoms with Gasteiger partial charge in [-0.3, -0.25) is 0 Å².